The number of hydrogen-bond acceptors (Lipinski definition) is 6. The van der Waals surface area contributed by atoms with Gasteiger partial charge >= 0.3 is 18.0 Å². The summed E-state index contributed by atoms with van der Waals surface area (Å²) in [5.74, 6) is -1.65. The van der Waals surface area contributed by atoms with Gasteiger partial charge in [-0.1, -0.05) is 0 Å². The summed E-state index contributed by atoms with van der Waals surface area (Å²) in [6, 6.07) is 0. The molecule has 0 aromatic rings. The molecule has 1 aliphatic rings. The van der Waals surface area contributed by atoms with Gasteiger partial charge in [-0.05, 0) is 20.8 Å². The van der Waals surface area contributed by atoms with E-state index in [4.69, 9.17) is 4.74 Å². The average molecular weight is 273 g/mol. The van der Waals surface area contributed by atoms with Crippen LogP contribution in [0.4, 0.5) is 4.79 Å². The second-order valence-corrected chi connectivity index (χ2v) is 5.23. The SMILES string of the molecule is COC(=O)C1(C(=O)OC)CCN1C(=O)OC(C)(C)C. The molecule has 0 aliphatic carbocycles. The Morgan fingerprint density at radius 1 is 1.05 bits per heavy atom. The Kier molecular flexibility index (Phi) is 4.07. The average Bonchev–Trinajstić information content (AvgIpc) is 2.24. The van der Waals surface area contributed by atoms with Gasteiger partial charge < -0.3 is 14.2 Å². The highest BCUT2D eigenvalue weighted by atomic mass is 16.6. The van der Waals surface area contributed by atoms with E-state index in [0.717, 1.165) is 19.1 Å². The molecular formula is C12H19NO6. The van der Waals surface area contributed by atoms with Crippen molar-refractivity contribution in [3.8, 4) is 0 Å². The molecule has 1 fully saturated rings. The summed E-state index contributed by atoms with van der Waals surface area (Å²) < 4.78 is 14.4. The number of ether oxygens (including phenoxy) is 3. The summed E-state index contributed by atoms with van der Waals surface area (Å²) in [7, 11) is 2.30. The van der Waals surface area contributed by atoms with Crippen molar-refractivity contribution >= 4 is 18.0 Å². The number of carbonyl (C=O) groups is 3. The first-order valence-corrected chi connectivity index (χ1v) is 5.86. The topological polar surface area (TPSA) is 82.1 Å². The lowest BCUT2D eigenvalue weighted by Crippen LogP contribution is -2.71. The van der Waals surface area contributed by atoms with Crippen LogP contribution in [0.1, 0.15) is 27.2 Å². The molecule has 7 nitrogen and oxygen atoms in total. The first kappa shape index (κ1) is 15.3. The third-order valence-electron chi connectivity index (χ3n) is 2.82. The highest BCUT2D eigenvalue weighted by molar-refractivity contribution is 6.08. The molecule has 1 amide bonds. The molecule has 0 spiro atoms. The van der Waals surface area contributed by atoms with Gasteiger partial charge in [-0.3, -0.25) is 4.90 Å². The maximum Gasteiger partial charge on any atom is 0.411 e. The van der Waals surface area contributed by atoms with Crippen LogP contribution in [0.3, 0.4) is 0 Å². The zero-order chi connectivity index (χ0) is 14.8. The van der Waals surface area contributed by atoms with Crippen molar-refractivity contribution in [2.45, 2.75) is 38.3 Å². The van der Waals surface area contributed by atoms with Gasteiger partial charge in [-0.25, -0.2) is 14.4 Å². The Bertz CT molecular complexity index is 382. The van der Waals surface area contributed by atoms with Gasteiger partial charge in [0.25, 0.3) is 0 Å². The van der Waals surface area contributed by atoms with Crippen molar-refractivity contribution in [1.82, 2.24) is 4.90 Å². The largest absolute Gasteiger partial charge is 0.467 e. The number of amides is 1. The lowest BCUT2D eigenvalue weighted by Gasteiger charge is -2.47. The maximum absolute atomic E-state index is 12.0. The van der Waals surface area contributed by atoms with E-state index in [1.807, 2.05) is 0 Å². The zero-order valence-corrected chi connectivity index (χ0v) is 11.8. The molecule has 1 aliphatic heterocycles. The summed E-state index contributed by atoms with van der Waals surface area (Å²) in [6.45, 7) is 5.33. The van der Waals surface area contributed by atoms with Gasteiger partial charge in [0.1, 0.15) is 5.60 Å². The van der Waals surface area contributed by atoms with Crippen molar-refractivity contribution in [3.05, 3.63) is 0 Å². The third-order valence-corrected chi connectivity index (χ3v) is 2.82. The molecule has 1 rings (SSSR count). The Hall–Kier alpha value is -1.79. The number of carbonyl (C=O) groups excluding carboxylic acids is 3. The Morgan fingerprint density at radius 3 is 1.79 bits per heavy atom. The van der Waals surface area contributed by atoms with E-state index in [1.54, 1.807) is 20.8 Å². The molecule has 1 saturated heterocycles. The Morgan fingerprint density at radius 2 is 1.53 bits per heavy atom. The van der Waals surface area contributed by atoms with Crippen LogP contribution < -0.4 is 0 Å². The number of nitrogens with zero attached hydrogens (tertiary/aromatic N) is 1. The number of esters is 2. The number of rotatable bonds is 2. The van der Waals surface area contributed by atoms with Crippen LogP contribution in [0.15, 0.2) is 0 Å². The zero-order valence-electron chi connectivity index (χ0n) is 11.8. The van der Waals surface area contributed by atoms with Crippen LogP contribution in [0.2, 0.25) is 0 Å². The molecule has 7 heteroatoms. The molecule has 19 heavy (non-hydrogen) atoms. The van der Waals surface area contributed by atoms with Gasteiger partial charge in [0.05, 0.1) is 14.2 Å². The minimum Gasteiger partial charge on any atom is -0.467 e. The van der Waals surface area contributed by atoms with Gasteiger partial charge in [-0.15, -0.1) is 0 Å². The molecule has 0 unspecified atom stereocenters. The first-order chi connectivity index (χ1) is 8.69. The van der Waals surface area contributed by atoms with E-state index in [0.29, 0.717) is 0 Å². The Labute approximate surface area is 111 Å². The first-order valence-electron chi connectivity index (χ1n) is 5.86. The van der Waals surface area contributed by atoms with E-state index >= 15 is 0 Å². The van der Waals surface area contributed by atoms with E-state index in [1.165, 1.54) is 0 Å². The van der Waals surface area contributed by atoms with E-state index in [9.17, 15) is 14.4 Å². The fraction of sp³-hybridized carbons (Fsp3) is 0.750. The summed E-state index contributed by atoms with van der Waals surface area (Å²) in [4.78, 5) is 36.7. The fourth-order valence-corrected chi connectivity index (χ4v) is 1.86. The van der Waals surface area contributed by atoms with Gasteiger partial charge in [-0.2, -0.15) is 0 Å². The monoisotopic (exact) mass is 273 g/mol. The minimum absolute atomic E-state index is 0.158. The molecule has 1 heterocycles. The van der Waals surface area contributed by atoms with Gasteiger partial charge in [0.15, 0.2) is 0 Å². The van der Waals surface area contributed by atoms with Crippen LogP contribution in [-0.2, 0) is 23.8 Å². The predicted molar refractivity (Wildman–Crippen MR) is 64.3 cm³/mol. The molecule has 0 saturated carbocycles. The smallest absolute Gasteiger partial charge is 0.411 e. The van der Waals surface area contributed by atoms with Crippen molar-refractivity contribution < 1.29 is 28.6 Å². The van der Waals surface area contributed by atoms with Crippen molar-refractivity contribution in [3.63, 3.8) is 0 Å². The van der Waals surface area contributed by atoms with Crippen LogP contribution in [0.5, 0.6) is 0 Å². The van der Waals surface area contributed by atoms with Crippen LogP contribution in [0.25, 0.3) is 0 Å². The molecular weight excluding hydrogens is 254 g/mol. The highest BCUT2D eigenvalue weighted by Gasteiger charge is 2.62. The third kappa shape index (κ3) is 2.64. The van der Waals surface area contributed by atoms with E-state index < -0.39 is 29.2 Å². The lowest BCUT2D eigenvalue weighted by molar-refractivity contribution is -0.181. The molecule has 0 N–H and O–H groups in total. The standard InChI is InChI=1S/C12H19NO6/c1-11(2,3)19-10(16)13-7-6-12(13,8(14)17-4)9(15)18-5/h6-7H2,1-5H3. The maximum atomic E-state index is 12.0. The number of hydrogen-bond donors (Lipinski definition) is 0. The molecule has 0 bridgehead atoms. The van der Waals surface area contributed by atoms with E-state index in [2.05, 4.69) is 9.47 Å². The van der Waals surface area contributed by atoms with Crippen molar-refractivity contribution in [1.29, 1.82) is 0 Å². The molecule has 0 radical (unpaired) electrons. The van der Waals surface area contributed by atoms with Gasteiger partial charge in [0, 0.05) is 13.0 Å². The minimum atomic E-state index is -1.72. The van der Waals surface area contributed by atoms with Gasteiger partial charge in [0.2, 0.25) is 5.54 Å². The number of likely N-dealkylation sites (tertiary alicyclic amines) is 1. The van der Waals surface area contributed by atoms with Crippen LogP contribution in [0, 0.1) is 0 Å². The molecule has 108 valence electrons. The second kappa shape index (κ2) is 5.07. The van der Waals surface area contributed by atoms with Crippen LogP contribution >= 0.6 is 0 Å². The molecule has 0 aromatic carbocycles. The summed E-state index contributed by atoms with van der Waals surface area (Å²) in [5.41, 5.74) is -2.43. The highest BCUT2D eigenvalue weighted by Crippen LogP contribution is 2.34. The van der Waals surface area contributed by atoms with E-state index in [-0.39, 0.29) is 13.0 Å². The lowest BCUT2D eigenvalue weighted by atomic mass is 9.85. The molecule has 0 atom stereocenters. The fourth-order valence-electron chi connectivity index (χ4n) is 1.86. The summed E-state index contributed by atoms with van der Waals surface area (Å²) in [5, 5.41) is 0. The quantitative estimate of drug-likeness (QED) is 0.419. The van der Waals surface area contributed by atoms with Crippen molar-refractivity contribution in [2.75, 3.05) is 20.8 Å². The Balaban J connectivity index is 2.98. The summed E-state index contributed by atoms with van der Waals surface area (Å²) in [6.07, 6.45) is -0.583. The molecule has 0 aromatic heterocycles. The number of methoxy groups -OCH3 is 2. The normalized spacial score (nSPS) is 17.2. The summed E-state index contributed by atoms with van der Waals surface area (Å²) >= 11 is 0. The second-order valence-electron chi connectivity index (χ2n) is 5.23. The van der Waals surface area contributed by atoms with Crippen molar-refractivity contribution in [2.24, 2.45) is 0 Å². The van der Waals surface area contributed by atoms with Crippen LogP contribution in [-0.4, -0.2) is 54.8 Å². The predicted octanol–water partition coefficient (Wildman–Crippen LogP) is 0.712.